The lowest BCUT2D eigenvalue weighted by atomic mass is 10.0. The van der Waals surface area contributed by atoms with Gasteiger partial charge in [-0.15, -0.1) is 0 Å². The van der Waals surface area contributed by atoms with Gasteiger partial charge in [-0.2, -0.15) is 0 Å². The Morgan fingerprint density at radius 2 is 2.04 bits per heavy atom. The molecule has 2 fully saturated rings. The molecule has 8 nitrogen and oxygen atoms in total. The van der Waals surface area contributed by atoms with Crippen molar-refractivity contribution in [3.63, 3.8) is 0 Å². The van der Waals surface area contributed by atoms with E-state index >= 15 is 0 Å². The number of nitrogens with zero attached hydrogens (tertiary/aromatic N) is 5. The van der Waals surface area contributed by atoms with Gasteiger partial charge in [0, 0.05) is 50.9 Å². The SMILES string of the molecule is CC1CCCCN1C(=O)CN1CCN(c2nc3ccc([N+](=O)[O-])cc3s2)CC1. The van der Waals surface area contributed by atoms with Gasteiger partial charge in [-0.3, -0.25) is 19.8 Å². The summed E-state index contributed by atoms with van der Waals surface area (Å²) in [7, 11) is 0. The van der Waals surface area contributed by atoms with Gasteiger partial charge in [-0.1, -0.05) is 11.3 Å². The fraction of sp³-hybridized carbons (Fsp3) is 0.579. The minimum atomic E-state index is -0.377. The number of nitro benzene ring substituents is 1. The number of fused-ring (bicyclic) bond motifs is 1. The number of amides is 1. The molecule has 0 bridgehead atoms. The third-order valence-electron chi connectivity index (χ3n) is 5.70. The van der Waals surface area contributed by atoms with Crippen molar-refractivity contribution in [2.45, 2.75) is 32.2 Å². The van der Waals surface area contributed by atoms with Crippen molar-refractivity contribution >= 4 is 38.3 Å². The molecular formula is C19H25N5O3S. The Kier molecular flexibility index (Phi) is 5.45. The normalized spacial score (nSPS) is 21.2. The van der Waals surface area contributed by atoms with Crippen LogP contribution in [0.5, 0.6) is 0 Å². The standard InChI is InChI=1S/C19H25N5O3S/c1-14-4-2-3-7-23(14)18(25)13-21-8-10-22(11-9-21)19-20-16-6-5-15(24(26)27)12-17(16)28-19/h5-6,12,14H,2-4,7-11,13H2,1H3. The highest BCUT2D eigenvalue weighted by Crippen LogP contribution is 2.31. The maximum atomic E-state index is 12.6. The minimum absolute atomic E-state index is 0.0953. The molecule has 1 aromatic carbocycles. The van der Waals surface area contributed by atoms with Crippen LogP contribution in [0, 0.1) is 10.1 Å². The van der Waals surface area contributed by atoms with Gasteiger partial charge < -0.3 is 9.80 Å². The quantitative estimate of drug-likeness (QED) is 0.577. The van der Waals surface area contributed by atoms with Crippen LogP contribution in [0.1, 0.15) is 26.2 Å². The molecule has 1 unspecified atom stereocenters. The number of aromatic nitrogens is 1. The second kappa shape index (κ2) is 8.00. The van der Waals surface area contributed by atoms with E-state index in [1.807, 2.05) is 4.90 Å². The molecule has 0 spiro atoms. The van der Waals surface area contributed by atoms with Crippen LogP contribution in [-0.4, -0.2) is 70.9 Å². The van der Waals surface area contributed by atoms with Crippen LogP contribution < -0.4 is 4.90 Å². The maximum Gasteiger partial charge on any atom is 0.270 e. The van der Waals surface area contributed by atoms with E-state index in [1.165, 1.54) is 23.8 Å². The van der Waals surface area contributed by atoms with E-state index in [2.05, 4.69) is 21.7 Å². The summed E-state index contributed by atoms with van der Waals surface area (Å²) >= 11 is 1.49. The molecule has 0 aliphatic carbocycles. The van der Waals surface area contributed by atoms with Crippen molar-refractivity contribution in [3.05, 3.63) is 28.3 Å². The predicted octanol–water partition coefficient (Wildman–Crippen LogP) is 2.73. The second-order valence-electron chi connectivity index (χ2n) is 7.60. The van der Waals surface area contributed by atoms with Crippen LogP contribution in [0.15, 0.2) is 18.2 Å². The van der Waals surface area contributed by atoms with Crippen LogP contribution >= 0.6 is 11.3 Å². The highest BCUT2D eigenvalue weighted by Gasteiger charge is 2.27. The highest BCUT2D eigenvalue weighted by molar-refractivity contribution is 7.22. The fourth-order valence-electron chi connectivity index (χ4n) is 4.00. The van der Waals surface area contributed by atoms with Gasteiger partial charge in [0.25, 0.3) is 5.69 Å². The van der Waals surface area contributed by atoms with Crippen molar-refractivity contribution < 1.29 is 9.72 Å². The van der Waals surface area contributed by atoms with Crippen LogP contribution in [-0.2, 0) is 4.79 Å². The molecule has 2 aliphatic heterocycles. The Balaban J connectivity index is 1.35. The third kappa shape index (κ3) is 3.95. The summed E-state index contributed by atoms with van der Waals surface area (Å²) in [5.74, 6) is 0.243. The molecular weight excluding hydrogens is 378 g/mol. The summed E-state index contributed by atoms with van der Waals surface area (Å²) in [6.45, 7) is 6.79. The molecule has 2 saturated heterocycles. The molecule has 3 heterocycles. The van der Waals surface area contributed by atoms with Crippen molar-refractivity contribution in [2.75, 3.05) is 44.2 Å². The van der Waals surface area contributed by atoms with E-state index in [4.69, 9.17) is 0 Å². The molecule has 0 radical (unpaired) electrons. The molecule has 0 saturated carbocycles. The number of nitro groups is 1. The zero-order chi connectivity index (χ0) is 19.7. The van der Waals surface area contributed by atoms with Gasteiger partial charge in [0.2, 0.25) is 5.91 Å². The number of thiazole rings is 1. The molecule has 28 heavy (non-hydrogen) atoms. The number of anilines is 1. The van der Waals surface area contributed by atoms with E-state index in [-0.39, 0.29) is 16.5 Å². The van der Waals surface area contributed by atoms with Gasteiger partial charge >= 0.3 is 0 Å². The number of hydrogen-bond donors (Lipinski definition) is 0. The van der Waals surface area contributed by atoms with E-state index < -0.39 is 0 Å². The molecule has 9 heteroatoms. The molecule has 1 amide bonds. The monoisotopic (exact) mass is 403 g/mol. The van der Waals surface area contributed by atoms with Gasteiger partial charge in [0.05, 0.1) is 21.7 Å². The summed E-state index contributed by atoms with van der Waals surface area (Å²) in [4.78, 5) is 34.3. The Hall–Kier alpha value is -2.26. The fourth-order valence-corrected chi connectivity index (χ4v) is 5.05. The number of rotatable bonds is 4. The predicted molar refractivity (Wildman–Crippen MR) is 110 cm³/mol. The van der Waals surface area contributed by atoms with Gasteiger partial charge in [0.1, 0.15) is 0 Å². The first kappa shape index (κ1) is 19.1. The molecule has 1 atom stereocenters. The Labute approximate surface area is 167 Å². The second-order valence-corrected chi connectivity index (χ2v) is 8.61. The zero-order valence-corrected chi connectivity index (χ0v) is 16.9. The van der Waals surface area contributed by atoms with Crippen molar-refractivity contribution in [3.8, 4) is 0 Å². The van der Waals surface area contributed by atoms with Gasteiger partial charge in [0.15, 0.2) is 5.13 Å². The third-order valence-corrected chi connectivity index (χ3v) is 6.78. The van der Waals surface area contributed by atoms with E-state index in [0.717, 1.165) is 60.9 Å². The summed E-state index contributed by atoms with van der Waals surface area (Å²) in [5.41, 5.74) is 0.889. The first-order chi connectivity index (χ1) is 13.5. The average Bonchev–Trinajstić information content (AvgIpc) is 3.12. The number of piperidine rings is 1. The molecule has 1 aromatic heterocycles. The smallest absolute Gasteiger partial charge is 0.270 e. The molecule has 150 valence electrons. The molecule has 2 aromatic rings. The first-order valence-electron chi connectivity index (χ1n) is 9.83. The Morgan fingerprint density at radius 1 is 1.25 bits per heavy atom. The number of non-ortho nitro benzene ring substituents is 1. The van der Waals surface area contributed by atoms with E-state index in [1.54, 1.807) is 12.1 Å². The van der Waals surface area contributed by atoms with Crippen LogP contribution in [0.3, 0.4) is 0 Å². The highest BCUT2D eigenvalue weighted by atomic mass is 32.1. The van der Waals surface area contributed by atoms with Crippen LogP contribution in [0.25, 0.3) is 10.2 Å². The summed E-state index contributed by atoms with van der Waals surface area (Å²) in [6.07, 6.45) is 3.43. The van der Waals surface area contributed by atoms with E-state index in [0.29, 0.717) is 12.6 Å². The first-order valence-corrected chi connectivity index (χ1v) is 10.6. The Bertz CT molecular complexity index is 878. The van der Waals surface area contributed by atoms with E-state index in [9.17, 15) is 14.9 Å². The summed E-state index contributed by atoms with van der Waals surface area (Å²) < 4.78 is 0.834. The number of hydrogen-bond acceptors (Lipinski definition) is 7. The molecule has 0 N–H and O–H groups in total. The van der Waals surface area contributed by atoms with Gasteiger partial charge in [-0.25, -0.2) is 4.98 Å². The largest absolute Gasteiger partial charge is 0.345 e. The van der Waals surface area contributed by atoms with Gasteiger partial charge in [-0.05, 0) is 32.3 Å². The zero-order valence-electron chi connectivity index (χ0n) is 16.0. The number of piperazine rings is 1. The van der Waals surface area contributed by atoms with Crippen molar-refractivity contribution in [2.24, 2.45) is 0 Å². The maximum absolute atomic E-state index is 12.6. The number of carbonyl (C=O) groups excluding carboxylic acids is 1. The lowest BCUT2D eigenvalue weighted by molar-refractivity contribution is -0.384. The summed E-state index contributed by atoms with van der Waals surface area (Å²) in [6, 6.07) is 5.15. The van der Waals surface area contributed by atoms with Crippen LogP contribution in [0.4, 0.5) is 10.8 Å². The van der Waals surface area contributed by atoms with Crippen LogP contribution in [0.2, 0.25) is 0 Å². The van der Waals surface area contributed by atoms with Crippen molar-refractivity contribution in [1.82, 2.24) is 14.8 Å². The lowest BCUT2D eigenvalue weighted by Crippen LogP contribution is -2.52. The summed E-state index contributed by atoms with van der Waals surface area (Å²) in [5, 5.41) is 11.8. The number of carbonyl (C=O) groups is 1. The molecule has 2 aliphatic rings. The number of benzene rings is 1. The average molecular weight is 404 g/mol. The minimum Gasteiger partial charge on any atom is -0.345 e. The van der Waals surface area contributed by atoms with Crippen molar-refractivity contribution in [1.29, 1.82) is 0 Å². The number of likely N-dealkylation sites (tertiary alicyclic amines) is 1. The lowest BCUT2D eigenvalue weighted by Gasteiger charge is -2.38. The molecule has 4 rings (SSSR count). The topological polar surface area (TPSA) is 82.8 Å². The Morgan fingerprint density at radius 3 is 2.75 bits per heavy atom.